The number of methoxy groups -OCH3 is 1. The molecule has 10 heteroatoms. The number of carbonyl (C=O) groups excluding carboxylic acids is 2. The number of para-hydroxylation sites is 1. The minimum atomic E-state index is -0.648. The highest BCUT2D eigenvalue weighted by atomic mass is 32.1. The fraction of sp³-hybridized carbons (Fsp3) is 0.0556. The second-order valence-electron chi connectivity index (χ2n) is 5.28. The van der Waals surface area contributed by atoms with Crippen molar-refractivity contribution in [3.05, 3.63) is 75.8 Å². The number of rotatable bonds is 5. The number of nitrogens with one attached hydrogen (secondary N) is 3. The van der Waals surface area contributed by atoms with Crippen LogP contribution in [0.2, 0.25) is 0 Å². The lowest BCUT2D eigenvalue weighted by atomic mass is 10.2. The van der Waals surface area contributed by atoms with Crippen LogP contribution in [0.1, 0.15) is 15.9 Å². The lowest BCUT2D eigenvalue weighted by molar-refractivity contribution is -0.384. The Hall–Kier alpha value is -3.79. The van der Waals surface area contributed by atoms with Gasteiger partial charge in [0.2, 0.25) is 5.91 Å². The molecule has 0 spiro atoms. The van der Waals surface area contributed by atoms with E-state index < -0.39 is 16.7 Å². The molecule has 2 aromatic carbocycles. The second-order valence-corrected chi connectivity index (χ2v) is 5.69. The van der Waals surface area contributed by atoms with Crippen LogP contribution >= 0.6 is 12.2 Å². The summed E-state index contributed by atoms with van der Waals surface area (Å²) in [4.78, 5) is 34.0. The minimum Gasteiger partial charge on any atom is -0.496 e. The van der Waals surface area contributed by atoms with Gasteiger partial charge in [-0.15, -0.1) is 0 Å². The molecular weight excluding hydrogens is 384 g/mol. The molecule has 2 amide bonds. The molecule has 28 heavy (non-hydrogen) atoms. The van der Waals surface area contributed by atoms with Crippen molar-refractivity contribution in [3.63, 3.8) is 0 Å². The first-order chi connectivity index (χ1) is 13.4. The number of hydrazine groups is 1. The first-order valence-electron chi connectivity index (χ1n) is 7.87. The van der Waals surface area contributed by atoms with Crippen LogP contribution < -0.4 is 20.9 Å². The van der Waals surface area contributed by atoms with Gasteiger partial charge in [0.1, 0.15) is 5.75 Å². The summed E-state index contributed by atoms with van der Waals surface area (Å²) in [6.07, 6.45) is 2.81. The largest absolute Gasteiger partial charge is 0.496 e. The summed E-state index contributed by atoms with van der Waals surface area (Å²) in [5, 5.41) is 13.0. The number of benzene rings is 2. The van der Waals surface area contributed by atoms with Crippen molar-refractivity contribution in [1.29, 1.82) is 0 Å². The zero-order chi connectivity index (χ0) is 20.5. The molecule has 144 valence electrons. The smallest absolute Gasteiger partial charge is 0.270 e. The Morgan fingerprint density at radius 1 is 1.14 bits per heavy atom. The van der Waals surface area contributed by atoms with Gasteiger partial charge in [0.05, 0.1) is 12.0 Å². The van der Waals surface area contributed by atoms with Crippen LogP contribution in [-0.4, -0.2) is 29.0 Å². The van der Waals surface area contributed by atoms with E-state index in [1.807, 2.05) is 0 Å². The first-order valence-corrected chi connectivity index (χ1v) is 8.28. The molecule has 0 radical (unpaired) electrons. The number of non-ortho nitro benzene ring substituents is 1. The Morgan fingerprint density at radius 2 is 1.89 bits per heavy atom. The Labute approximate surface area is 165 Å². The van der Waals surface area contributed by atoms with Crippen LogP contribution in [0.25, 0.3) is 6.08 Å². The second kappa shape index (κ2) is 9.78. The van der Waals surface area contributed by atoms with Crippen molar-refractivity contribution in [3.8, 4) is 5.75 Å². The molecule has 0 fully saturated rings. The van der Waals surface area contributed by atoms with Crippen LogP contribution in [0.5, 0.6) is 5.75 Å². The fourth-order valence-corrected chi connectivity index (χ4v) is 2.25. The standard InChI is InChI=1S/C18H16N4O5S/c1-27-15-8-3-2-5-12(15)9-10-16(23)19-18(28)21-20-17(24)13-6-4-7-14(11-13)22(25)26/h2-11H,1H3,(H,20,24)(H2,19,21,23,28). The Kier molecular flexibility index (Phi) is 7.17. The molecule has 0 aliphatic heterocycles. The maximum atomic E-state index is 12.0. The van der Waals surface area contributed by atoms with Crippen LogP contribution in [0.3, 0.4) is 0 Å². The van der Waals surface area contributed by atoms with Gasteiger partial charge in [-0.2, -0.15) is 0 Å². The van der Waals surface area contributed by atoms with Crippen LogP contribution in [0.4, 0.5) is 5.69 Å². The summed E-state index contributed by atoms with van der Waals surface area (Å²) in [5.41, 5.74) is 5.15. The van der Waals surface area contributed by atoms with Crippen molar-refractivity contribution >= 4 is 40.9 Å². The molecule has 0 aliphatic rings. The predicted octanol–water partition coefficient (Wildman–Crippen LogP) is 1.95. The van der Waals surface area contributed by atoms with Crippen molar-refractivity contribution in [2.24, 2.45) is 0 Å². The summed E-state index contributed by atoms with van der Waals surface area (Å²) in [5.74, 6) is -0.561. The summed E-state index contributed by atoms with van der Waals surface area (Å²) in [6, 6.07) is 12.3. The third kappa shape index (κ3) is 5.88. The zero-order valence-corrected chi connectivity index (χ0v) is 15.5. The number of hydrogen-bond acceptors (Lipinski definition) is 6. The topological polar surface area (TPSA) is 123 Å². The molecule has 2 rings (SSSR count). The SMILES string of the molecule is COc1ccccc1C=CC(=O)NC(=S)NNC(=O)c1cccc([N+](=O)[O-])c1. The average molecular weight is 400 g/mol. The van der Waals surface area contributed by atoms with Crippen LogP contribution in [0, 0.1) is 10.1 Å². The van der Waals surface area contributed by atoms with Gasteiger partial charge in [0.15, 0.2) is 5.11 Å². The molecule has 0 aliphatic carbocycles. The Morgan fingerprint density at radius 3 is 2.61 bits per heavy atom. The third-order valence-corrected chi connectivity index (χ3v) is 3.60. The highest BCUT2D eigenvalue weighted by molar-refractivity contribution is 7.80. The van der Waals surface area contributed by atoms with E-state index in [0.29, 0.717) is 11.3 Å². The fourth-order valence-electron chi connectivity index (χ4n) is 2.10. The van der Waals surface area contributed by atoms with Crippen LogP contribution in [0.15, 0.2) is 54.6 Å². The highest BCUT2D eigenvalue weighted by Crippen LogP contribution is 2.18. The molecular formula is C18H16N4O5S. The van der Waals surface area contributed by atoms with E-state index in [1.165, 1.54) is 31.4 Å². The molecule has 9 nitrogen and oxygen atoms in total. The molecule has 0 saturated carbocycles. The van der Waals surface area contributed by atoms with E-state index >= 15 is 0 Å². The quantitative estimate of drug-likeness (QED) is 0.303. The van der Waals surface area contributed by atoms with E-state index in [0.717, 1.165) is 6.07 Å². The number of nitro benzene ring substituents is 1. The molecule has 0 aromatic heterocycles. The minimum absolute atomic E-state index is 0.0619. The van der Waals surface area contributed by atoms with Gasteiger partial charge in [0.25, 0.3) is 11.6 Å². The normalized spacial score (nSPS) is 10.2. The number of hydrogen-bond donors (Lipinski definition) is 3. The van der Waals surface area contributed by atoms with Crippen molar-refractivity contribution in [1.82, 2.24) is 16.2 Å². The molecule has 0 atom stereocenters. The maximum absolute atomic E-state index is 12.0. The predicted molar refractivity (Wildman–Crippen MR) is 106 cm³/mol. The number of nitro groups is 1. The van der Waals surface area contributed by atoms with Crippen molar-refractivity contribution in [2.45, 2.75) is 0 Å². The Balaban J connectivity index is 1.87. The van der Waals surface area contributed by atoms with E-state index in [1.54, 1.807) is 30.3 Å². The lowest BCUT2D eigenvalue weighted by Crippen LogP contribution is -2.48. The molecule has 0 heterocycles. The molecule has 3 N–H and O–H groups in total. The number of ether oxygens (including phenoxy) is 1. The van der Waals surface area contributed by atoms with E-state index in [2.05, 4.69) is 16.2 Å². The molecule has 0 unspecified atom stereocenters. The number of amides is 2. The maximum Gasteiger partial charge on any atom is 0.270 e. The van der Waals surface area contributed by atoms with Gasteiger partial charge in [-0.05, 0) is 30.4 Å². The van der Waals surface area contributed by atoms with E-state index in [4.69, 9.17) is 17.0 Å². The summed E-state index contributed by atoms with van der Waals surface area (Å²) >= 11 is 4.92. The zero-order valence-electron chi connectivity index (χ0n) is 14.7. The number of carbonyl (C=O) groups is 2. The summed E-state index contributed by atoms with van der Waals surface area (Å²) in [7, 11) is 1.52. The van der Waals surface area contributed by atoms with Gasteiger partial charge >= 0.3 is 0 Å². The van der Waals surface area contributed by atoms with E-state index in [9.17, 15) is 19.7 Å². The summed E-state index contributed by atoms with van der Waals surface area (Å²) in [6.45, 7) is 0. The Bertz CT molecular complexity index is 945. The van der Waals surface area contributed by atoms with Gasteiger partial charge in [-0.25, -0.2) is 0 Å². The third-order valence-electron chi connectivity index (χ3n) is 3.40. The molecule has 0 bridgehead atoms. The van der Waals surface area contributed by atoms with Gasteiger partial charge in [-0.3, -0.25) is 35.9 Å². The van der Waals surface area contributed by atoms with Crippen molar-refractivity contribution < 1.29 is 19.2 Å². The number of nitrogens with zero attached hydrogens (tertiary/aromatic N) is 1. The highest BCUT2D eigenvalue weighted by Gasteiger charge is 2.11. The monoisotopic (exact) mass is 400 g/mol. The van der Waals surface area contributed by atoms with Crippen molar-refractivity contribution in [2.75, 3.05) is 7.11 Å². The first kappa shape index (κ1) is 20.5. The van der Waals surface area contributed by atoms with Gasteiger partial charge in [-0.1, -0.05) is 24.3 Å². The van der Waals surface area contributed by atoms with E-state index in [-0.39, 0.29) is 16.4 Å². The van der Waals surface area contributed by atoms with Gasteiger partial charge in [0, 0.05) is 29.3 Å². The molecule has 2 aromatic rings. The van der Waals surface area contributed by atoms with Gasteiger partial charge < -0.3 is 4.74 Å². The number of thiocarbonyl (C=S) groups is 1. The lowest BCUT2D eigenvalue weighted by Gasteiger charge is -2.09. The average Bonchev–Trinajstić information content (AvgIpc) is 2.70. The van der Waals surface area contributed by atoms with Crippen LogP contribution in [-0.2, 0) is 4.79 Å². The summed E-state index contributed by atoms with van der Waals surface area (Å²) < 4.78 is 5.18. The molecule has 0 saturated heterocycles.